The van der Waals surface area contributed by atoms with Crippen LogP contribution in [0.25, 0.3) is 11.1 Å². The van der Waals surface area contributed by atoms with Gasteiger partial charge in [-0.05, 0) is 57.8 Å². The van der Waals surface area contributed by atoms with Gasteiger partial charge in [0.1, 0.15) is 5.75 Å². The van der Waals surface area contributed by atoms with E-state index in [0.29, 0.717) is 18.2 Å². The van der Waals surface area contributed by atoms with Gasteiger partial charge in [0.15, 0.2) is 5.82 Å². The molecule has 0 saturated carbocycles. The molecular weight excluding hydrogens is 439 g/mol. The first-order chi connectivity index (χ1) is 16.5. The van der Waals surface area contributed by atoms with Gasteiger partial charge in [-0.2, -0.15) is 5.10 Å². The van der Waals surface area contributed by atoms with Crippen molar-refractivity contribution in [1.29, 1.82) is 0 Å². The van der Waals surface area contributed by atoms with E-state index in [9.17, 15) is 9.18 Å². The summed E-state index contributed by atoms with van der Waals surface area (Å²) in [6, 6.07) is 4.17. The van der Waals surface area contributed by atoms with E-state index in [1.165, 1.54) is 7.11 Å². The second-order valence-electron chi connectivity index (χ2n) is 8.64. The van der Waals surface area contributed by atoms with Crippen LogP contribution in [0.15, 0.2) is 36.9 Å². The summed E-state index contributed by atoms with van der Waals surface area (Å²) in [7, 11) is 1.37. The van der Waals surface area contributed by atoms with Crippen LogP contribution in [0, 0.1) is 5.82 Å². The first-order valence-electron chi connectivity index (χ1n) is 11.5. The summed E-state index contributed by atoms with van der Waals surface area (Å²) in [4.78, 5) is 22.2. The number of hydrogen-bond acceptors (Lipinski definition) is 7. The Balaban J connectivity index is 1.59. The third-order valence-corrected chi connectivity index (χ3v) is 6.50. The lowest BCUT2D eigenvalue weighted by molar-refractivity contribution is 0.175. The largest absolute Gasteiger partial charge is 0.452 e. The van der Waals surface area contributed by atoms with Gasteiger partial charge in [-0.25, -0.2) is 19.2 Å². The zero-order valence-electron chi connectivity index (χ0n) is 19.2. The maximum absolute atomic E-state index is 13.4. The van der Waals surface area contributed by atoms with Gasteiger partial charge in [-0.1, -0.05) is 0 Å². The van der Waals surface area contributed by atoms with E-state index >= 15 is 0 Å². The highest BCUT2D eigenvalue weighted by molar-refractivity contribution is 5.92. The molecule has 2 aromatic heterocycles. The summed E-state index contributed by atoms with van der Waals surface area (Å²) in [5.74, 6) is -0.00799. The molecule has 0 spiro atoms. The Bertz CT molecular complexity index is 1180. The zero-order chi connectivity index (χ0) is 23.7. The Morgan fingerprint density at radius 2 is 1.91 bits per heavy atom. The normalized spacial score (nSPS) is 18.4. The molecule has 2 aliphatic heterocycles. The quantitative estimate of drug-likeness (QED) is 0.619. The van der Waals surface area contributed by atoms with E-state index in [1.54, 1.807) is 4.90 Å². The number of methoxy groups -OCH3 is 1. The van der Waals surface area contributed by atoms with E-state index in [-0.39, 0.29) is 12.1 Å². The van der Waals surface area contributed by atoms with Gasteiger partial charge < -0.3 is 14.8 Å². The number of benzene rings is 1. The van der Waals surface area contributed by atoms with Gasteiger partial charge in [0, 0.05) is 28.9 Å². The first-order valence-corrected chi connectivity index (χ1v) is 11.5. The molecule has 3 aromatic rings. The van der Waals surface area contributed by atoms with Crippen LogP contribution in [0.1, 0.15) is 37.8 Å². The van der Waals surface area contributed by atoms with Crippen molar-refractivity contribution in [3.63, 3.8) is 0 Å². The predicted octanol–water partition coefficient (Wildman–Crippen LogP) is 4.10. The topological polar surface area (TPSA) is 94.4 Å². The fourth-order valence-corrected chi connectivity index (χ4v) is 4.72. The van der Waals surface area contributed by atoms with Crippen molar-refractivity contribution in [3.05, 3.63) is 48.3 Å². The summed E-state index contributed by atoms with van der Waals surface area (Å²) in [5, 5.41) is 8.00. The molecule has 1 aromatic carbocycles. The summed E-state index contributed by atoms with van der Waals surface area (Å²) >= 11 is 0. The molecule has 178 valence electrons. The maximum atomic E-state index is 13.4. The number of nitrogens with one attached hydrogen (secondary N) is 1. The van der Waals surface area contributed by atoms with Gasteiger partial charge in [0.25, 0.3) is 0 Å². The smallest absolute Gasteiger partial charge is 0.414 e. The summed E-state index contributed by atoms with van der Waals surface area (Å²) in [6.45, 7) is 3.92. The average molecular weight is 467 g/mol. The van der Waals surface area contributed by atoms with Gasteiger partial charge in [0.2, 0.25) is 0 Å². The fraction of sp³-hybridized carbons (Fsp3) is 0.417. The number of carbonyl (C=O) groups is 1. The molecule has 1 fully saturated rings. The number of anilines is 1. The van der Waals surface area contributed by atoms with Crippen molar-refractivity contribution in [2.24, 2.45) is 0 Å². The Morgan fingerprint density at radius 1 is 1.15 bits per heavy atom. The highest BCUT2D eigenvalue weighted by Crippen LogP contribution is 2.44. The summed E-state index contributed by atoms with van der Waals surface area (Å²) in [6.07, 6.45) is 9.02. The molecule has 0 radical (unpaired) electrons. The lowest BCUT2D eigenvalue weighted by Gasteiger charge is -2.35. The second kappa shape index (κ2) is 9.38. The molecule has 4 heterocycles. The monoisotopic (exact) mass is 466 g/mol. The van der Waals surface area contributed by atoms with E-state index in [2.05, 4.69) is 20.4 Å². The third kappa shape index (κ3) is 4.21. The molecule has 1 atom stereocenters. The van der Waals surface area contributed by atoms with Gasteiger partial charge in [0.05, 0.1) is 37.4 Å². The molecule has 9 nitrogen and oxygen atoms in total. The third-order valence-electron chi connectivity index (χ3n) is 6.50. The van der Waals surface area contributed by atoms with Crippen LogP contribution in [0.5, 0.6) is 11.8 Å². The van der Waals surface area contributed by atoms with E-state index in [0.717, 1.165) is 67.1 Å². The van der Waals surface area contributed by atoms with Crippen molar-refractivity contribution in [2.75, 3.05) is 25.1 Å². The Labute approximate surface area is 196 Å². The number of carbonyl (C=O) groups excluding carboxylic acids is 1. The van der Waals surface area contributed by atoms with Crippen LogP contribution < -0.4 is 15.0 Å². The predicted molar refractivity (Wildman–Crippen MR) is 124 cm³/mol. The maximum Gasteiger partial charge on any atom is 0.414 e. The second-order valence-corrected chi connectivity index (χ2v) is 8.64. The molecule has 34 heavy (non-hydrogen) atoms. The highest BCUT2D eigenvalue weighted by Gasteiger charge is 2.32. The number of piperidine rings is 1. The molecule has 1 N–H and O–H groups in total. The van der Waals surface area contributed by atoms with Crippen LogP contribution >= 0.6 is 0 Å². The fourth-order valence-electron chi connectivity index (χ4n) is 4.72. The molecule has 0 bridgehead atoms. The molecule has 1 saturated heterocycles. The molecule has 1 unspecified atom stereocenters. The lowest BCUT2D eigenvalue weighted by atomic mass is 9.92. The molecular formula is C24H27FN6O3. The molecule has 5 rings (SSSR count). The number of nitrogens with zero attached hydrogens (tertiary/aromatic N) is 5. The van der Waals surface area contributed by atoms with Crippen LogP contribution in [0.3, 0.4) is 0 Å². The number of ether oxygens (including phenoxy) is 2. The van der Waals surface area contributed by atoms with E-state index < -0.39 is 11.9 Å². The standard InChI is InChI=1S/C24H27FN6O3/c1-15-3-4-20-21(31(15)24(32)33-2)6-5-19(22(20)34-23-27-12-17(25)13-28-23)16-11-29-30(14-16)18-7-9-26-10-8-18/h5-6,11-15,18,26H,3-4,7-10H2,1-2H3. The van der Waals surface area contributed by atoms with Gasteiger partial charge >= 0.3 is 12.1 Å². The van der Waals surface area contributed by atoms with Crippen molar-refractivity contribution in [2.45, 2.75) is 44.7 Å². The minimum atomic E-state index is -0.545. The van der Waals surface area contributed by atoms with Crippen molar-refractivity contribution in [3.8, 4) is 22.9 Å². The Kier molecular flexibility index (Phi) is 6.14. The molecule has 2 aliphatic rings. The van der Waals surface area contributed by atoms with Gasteiger partial charge in [-0.15, -0.1) is 0 Å². The number of halogens is 1. The molecule has 0 aliphatic carbocycles. The van der Waals surface area contributed by atoms with Crippen molar-refractivity contribution >= 4 is 11.8 Å². The zero-order valence-corrected chi connectivity index (χ0v) is 19.2. The number of hydrogen-bond donors (Lipinski definition) is 1. The van der Waals surface area contributed by atoms with Crippen molar-refractivity contribution < 1.29 is 18.7 Å². The van der Waals surface area contributed by atoms with Gasteiger partial charge in [-0.3, -0.25) is 9.58 Å². The highest BCUT2D eigenvalue weighted by atomic mass is 19.1. The first kappa shape index (κ1) is 22.3. The SMILES string of the molecule is COC(=O)N1c2ccc(-c3cnn(C4CCNCC4)c3)c(Oc3ncc(F)cn3)c2CCC1C. The minimum Gasteiger partial charge on any atom is -0.452 e. The minimum absolute atomic E-state index is 0.0246. The molecule has 10 heteroatoms. The van der Waals surface area contributed by atoms with Crippen molar-refractivity contribution in [1.82, 2.24) is 25.1 Å². The summed E-state index contributed by atoms with van der Waals surface area (Å²) in [5.41, 5.74) is 3.27. The molecule has 1 amide bonds. The van der Waals surface area contributed by atoms with Crippen LogP contribution in [0.2, 0.25) is 0 Å². The van der Waals surface area contributed by atoms with E-state index in [4.69, 9.17) is 9.47 Å². The summed E-state index contributed by atoms with van der Waals surface area (Å²) < 4.78 is 26.6. The average Bonchev–Trinajstić information content (AvgIpc) is 3.35. The van der Waals surface area contributed by atoms with Crippen LogP contribution in [-0.2, 0) is 11.2 Å². The van der Waals surface area contributed by atoms with E-state index in [1.807, 2.05) is 36.1 Å². The van der Waals surface area contributed by atoms with Crippen LogP contribution in [0.4, 0.5) is 14.9 Å². The number of amides is 1. The Hall–Kier alpha value is -3.53. The Morgan fingerprint density at radius 3 is 2.65 bits per heavy atom. The number of aromatic nitrogens is 4. The van der Waals surface area contributed by atoms with Crippen LogP contribution in [-0.4, -0.2) is 52.1 Å². The lowest BCUT2D eigenvalue weighted by Crippen LogP contribution is -2.42. The number of fused-ring (bicyclic) bond motifs is 1. The number of rotatable bonds is 4.